The van der Waals surface area contributed by atoms with Gasteiger partial charge < -0.3 is 19.5 Å². The summed E-state index contributed by atoms with van der Waals surface area (Å²) < 4.78 is 15.5. The molecule has 0 saturated carbocycles. The topological polar surface area (TPSA) is 73.9 Å². The van der Waals surface area contributed by atoms with E-state index in [0.29, 0.717) is 18.0 Å². The number of thiophene rings is 1. The Kier molecular flexibility index (Phi) is 6.13. The molecule has 1 aromatic heterocycles. The minimum Gasteiger partial charge on any atom is -0.497 e. The summed E-state index contributed by atoms with van der Waals surface area (Å²) in [5, 5.41) is 2.66. The van der Waals surface area contributed by atoms with Crippen LogP contribution in [0.15, 0.2) is 24.3 Å². The van der Waals surface area contributed by atoms with Crippen LogP contribution in [0, 0.1) is 0 Å². The van der Waals surface area contributed by atoms with E-state index in [2.05, 4.69) is 5.32 Å². The number of aryl methyl sites for hydroxylation is 2. The van der Waals surface area contributed by atoms with E-state index in [1.165, 1.54) is 16.9 Å². The number of amides is 1. The van der Waals surface area contributed by atoms with Gasteiger partial charge in [0.05, 0.1) is 13.7 Å². The second-order valence-electron chi connectivity index (χ2n) is 6.32. The van der Waals surface area contributed by atoms with Crippen LogP contribution in [0.2, 0.25) is 0 Å². The zero-order valence-electron chi connectivity index (χ0n) is 15.7. The van der Waals surface area contributed by atoms with Crippen LogP contribution >= 0.6 is 11.3 Å². The molecule has 0 bridgehead atoms. The zero-order valence-corrected chi connectivity index (χ0v) is 16.5. The number of hydrogen-bond acceptors (Lipinski definition) is 6. The molecule has 3 rings (SSSR count). The summed E-state index contributed by atoms with van der Waals surface area (Å²) in [5.41, 5.74) is 3.49. The van der Waals surface area contributed by atoms with Gasteiger partial charge in [-0.3, -0.25) is 4.79 Å². The summed E-state index contributed by atoms with van der Waals surface area (Å²) in [6, 6.07) is 7.88. The highest BCUT2D eigenvalue weighted by Crippen LogP contribution is 2.41. The number of methoxy groups -OCH3 is 2. The number of carbonyl (C=O) groups excluding carboxylic acids is 2. The molecule has 1 aromatic carbocycles. The van der Waals surface area contributed by atoms with Crippen molar-refractivity contribution < 1.29 is 23.8 Å². The van der Waals surface area contributed by atoms with Crippen molar-refractivity contribution in [2.75, 3.05) is 27.4 Å². The normalized spacial score (nSPS) is 13.3. The summed E-state index contributed by atoms with van der Waals surface area (Å²) in [7, 11) is 3.21. The van der Waals surface area contributed by atoms with Crippen molar-refractivity contribution in [3.63, 3.8) is 0 Å². The van der Waals surface area contributed by atoms with Crippen molar-refractivity contribution in [1.29, 1.82) is 0 Å². The van der Waals surface area contributed by atoms with E-state index < -0.39 is 12.1 Å². The van der Waals surface area contributed by atoms with Gasteiger partial charge in [-0.1, -0.05) is 0 Å². The van der Waals surface area contributed by atoms with Crippen molar-refractivity contribution in [2.45, 2.75) is 25.9 Å². The van der Waals surface area contributed by atoms with Crippen LogP contribution in [0.25, 0.3) is 10.4 Å². The highest BCUT2D eigenvalue weighted by molar-refractivity contribution is 7.17. The minimum absolute atomic E-state index is 0.334. The van der Waals surface area contributed by atoms with Gasteiger partial charge in [-0.25, -0.2) is 4.79 Å². The van der Waals surface area contributed by atoms with Crippen LogP contribution in [0.3, 0.4) is 0 Å². The van der Waals surface area contributed by atoms with Crippen LogP contribution < -0.4 is 10.1 Å². The van der Waals surface area contributed by atoms with Gasteiger partial charge in [0.1, 0.15) is 10.6 Å². The maximum Gasteiger partial charge on any atom is 0.349 e. The molecule has 0 radical (unpaired) electrons. The van der Waals surface area contributed by atoms with E-state index in [0.717, 1.165) is 34.6 Å². The molecule has 1 aliphatic rings. The van der Waals surface area contributed by atoms with E-state index >= 15 is 0 Å². The third-order valence-corrected chi connectivity index (χ3v) is 5.68. The Labute approximate surface area is 162 Å². The quantitative estimate of drug-likeness (QED) is 0.582. The van der Waals surface area contributed by atoms with Crippen molar-refractivity contribution >= 4 is 23.2 Å². The van der Waals surface area contributed by atoms with Gasteiger partial charge in [0.25, 0.3) is 5.91 Å². The second kappa shape index (κ2) is 8.54. The summed E-state index contributed by atoms with van der Waals surface area (Å²) >= 11 is 1.41. The van der Waals surface area contributed by atoms with Gasteiger partial charge in [-0.15, -0.1) is 11.3 Å². The number of benzene rings is 1. The lowest BCUT2D eigenvalue weighted by molar-refractivity contribution is -0.129. The molecule has 0 saturated heterocycles. The molecule has 0 aliphatic heterocycles. The molecular formula is C20H23NO5S. The lowest BCUT2D eigenvalue weighted by Gasteiger charge is -2.16. The Morgan fingerprint density at radius 1 is 1.19 bits per heavy atom. The van der Waals surface area contributed by atoms with Gasteiger partial charge in [0, 0.05) is 18.5 Å². The van der Waals surface area contributed by atoms with E-state index in [1.807, 2.05) is 24.3 Å². The molecule has 6 nitrogen and oxygen atoms in total. The van der Waals surface area contributed by atoms with Crippen molar-refractivity contribution in [2.24, 2.45) is 0 Å². The first kappa shape index (κ1) is 19.4. The number of ether oxygens (including phenoxy) is 3. The minimum atomic E-state index is -0.856. The average Bonchev–Trinajstić information content (AvgIpc) is 3.12. The summed E-state index contributed by atoms with van der Waals surface area (Å²) in [6.07, 6.45) is 0.917. The summed E-state index contributed by atoms with van der Waals surface area (Å²) in [5.74, 6) is 0.0275. The smallest absolute Gasteiger partial charge is 0.349 e. The fraction of sp³-hybridized carbons (Fsp3) is 0.400. The van der Waals surface area contributed by atoms with Crippen LogP contribution in [-0.2, 0) is 27.1 Å². The van der Waals surface area contributed by atoms with Crippen molar-refractivity contribution in [3.05, 3.63) is 40.3 Å². The molecule has 1 N–H and O–H groups in total. The van der Waals surface area contributed by atoms with E-state index in [4.69, 9.17) is 14.2 Å². The van der Waals surface area contributed by atoms with Gasteiger partial charge in [0.15, 0.2) is 6.10 Å². The highest BCUT2D eigenvalue weighted by Gasteiger charge is 2.25. The predicted octanol–water partition coefficient (Wildman–Crippen LogP) is 2.83. The molecule has 0 spiro atoms. The summed E-state index contributed by atoms with van der Waals surface area (Å²) in [6.45, 7) is 2.36. The highest BCUT2D eigenvalue weighted by atomic mass is 32.1. The number of carbonyl (C=O) groups is 2. The van der Waals surface area contributed by atoms with Crippen LogP contribution in [0.4, 0.5) is 0 Å². The van der Waals surface area contributed by atoms with Crippen LogP contribution in [-0.4, -0.2) is 45.4 Å². The molecule has 1 amide bonds. The Balaban J connectivity index is 1.71. The number of hydrogen-bond donors (Lipinski definition) is 1. The van der Waals surface area contributed by atoms with Crippen LogP contribution in [0.5, 0.6) is 5.75 Å². The average molecular weight is 389 g/mol. The lowest BCUT2D eigenvalue weighted by Crippen LogP contribution is -2.37. The molecule has 144 valence electrons. The number of esters is 1. The first-order valence-corrected chi connectivity index (χ1v) is 9.62. The van der Waals surface area contributed by atoms with E-state index in [9.17, 15) is 9.59 Å². The van der Waals surface area contributed by atoms with Gasteiger partial charge in [-0.2, -0.15) is 0 Å². The van der Waals surface area contributed by atoms with Crippen molar-refractivity contribution in [3.8, 4) is 16.2 Å². The molecule has 2 aromatic rings. The molecule has 0 unspecified atom stereocenters. The molecule has 0 fully saturated rings. The molecule has 1 aliphatic carbocycles. The van der Waals surface area contributed by atoms with Gasteiger partial charge in [0.2, 0.25) is 0 Å². The SMILES string of the molecule is COCCNC(=O)[C@@H](C)OC(=O)c1cc2c(s1)-c1ccc(OC)cc1CC2. The Morgan fingerprint density at radius 3 is 2.70 bits per heavy atom. The third kappa shape index (κ3) is 4.31. The standard InChI is InChI=1S/C20H23NO5S/c1-12(19(22)21-8-9-24-2)26-20(23)17-11-14-5-4-13-10-15(25-3)6-7-16(13)18(14)27-17/h6-7,10-12H,4-5,8-9H2,1-3H3,(H,21,22)/t12-/m1/s1. The first-order chi connectivity index (χ1) is 13.0. The van der Waals surface area contributed by atoms with Gasteiger partial charge in [-0.05, 0) is 60.7 Å². The predicted molar refractivity (Wildman–Crippen MR) is 103 cm³/mol. The number of nitrogens with one attached hydrogen (secondary N) is 1. The maximum atomic E-state index is 12.5. The number of rotatable bonds is 7. The third-order valence-electron chi connectivity index (χ3n) is 4.49. The fourth-order valence-electron chi connectivity index (χ4n) is 3.03. The Morgan fingerprint density at radius 2 is 1.96 bits per heavy atom. The fourth-order valence-corrected chi connectivity index (χ4v) is 4.18. The second-order valence-corrected chi connectivity index (χ2v) is 7.37. The number of fused-ring (bicyclic) bond motifs is 3. The lowest BCUT2D eigenvalue weighted by atomic mass is 9.91. The molecule has 27 heavy (non-hydrogen) atoms. The maximum absolute atomic E-state index is 12.5. The summed E-state index contributed by atoms with van der Waals surface area (Å²) in [4.78, 5) is 26.0. The van der Waals surface area contributed by atoms with E-state index in [-0.39, 0.29) is 5.91 Å². The van der Waals surface area contributed by atoms with Crippen molar-refractivity contribution in [1.82, 2.24) is 5.32 Å². The molecule has 1 atom stereocenters. The first-order valence-electron chi connectivity index (χ1n) is 8.81. The molecule has 7 heteroatoms. The monoisotopic (exact) mass is 389 g/mol. The molecular weight excluding hydrogens is 366 g/mol. The van der Waals surface area contributed by atoms with Crippen LogP contribution in [0.1, 0.15) is 27.7 Å². The zero-order chi connectivity index (χ0) is 19.4. The van der Waals surface area contributed by atoms with Gasteiger partial charge >= 0.3 is 5.97 Å². The molecule has 1 heterocycles. The van der Waals surface area contributed by atoms with E-state index in [1.54, 1.807) is 21.1 Å². The Hall–Kier alpha value is -2.38. The largest absolute Gasteiger partial charge is 0.497 e. The Bertz CT molecular complexity index is 845.